The van der Waals surface area contributed by atoms with Gasteiger partial charge in [0.1, 0.15) is 0 Å². The van der Waals surface area contributed by atoms with Gasteiger partial charge in [0.05, 0.1) is 18.0 Å². The zero-order valence-electron chi connectivity index (χ0n) is 15.8. The molecule has 0 bridgehead atoms. The van der Waals surface area contributed by atoms with Gasteiger partial charge in [-0.15, -0.1) is 0 Å². The lowest BCUT2D eigenvalue weighted by Gasteiger charge is -2.30. The lowest BCUT2D eigenvalue weighted by Crippen LogP contribution is -2.38. The molecule has 0 atom stereocenters. The maximum atomic E-state index is 12.6. The number of amides is 1. The Morgan fingerprint density at radius 2 is 1.76 bits per heavy atom. The largest absolute Gasteiger partial charge is 0.339 e. The Balaban J connectivity index is 1.31. The summed E-state index contributed by atoms with van der Waals surface area (Å²) in [5.74, 6) is 1.12. The quantitative estimate of drug-likeness (QED) is 0.542. The molecule has 7 heteroatoms. The SMILES string of the molecule is O=C(c1ccnnc1)N1CCC(c2nc3ccc(-c4ccccc4)cn3n2)CC1. The van der Waals surface area contributed by atoms with Crippen molar-refractivity contribution in [2.45, 2.75) is 18.8 Å². The highest BCUT2D eigenvalue weighted by Crippen LogP contribution is 2.27. The summed E-state index contributed by atoms with van der Waals surface area (Å²) >= 11 is 0. The first-order valence-electron chi connectivity index (χ1n) is 9.76. The first-order valence-corrected chi connectivity index (χ1v) is 9.76. The highest BCUT2D eigenvalue weighted by Gasteiger charge is 2.27. The van der Waals surface area contributed by atoms with Gasteiger partial charge in [0.15, 0.2) is 11.5 Å². The van der Waals surface area contributed by atoms with Crippen molar-refractivity contribution in [1.82, 2.24) is 29.7 Å². The first kappa shape index (κ1) is 17.5. The van der Waals surface area contributed by atoms with Gasteiger partial charge in [-0.05, 0) is 36.6 Å². The molecule has 5 rings (SSSR count). The predicted molar refractivity (Wildman–Crippen MR) is 108 cm³/mol. The average molecular weight is 384 g/mol. The standard InChI is InChI=1S/C22H20N6O/c29-22(18-8-11-23-24-14-18)27-12-9-17(10-13-27)21-25-20-7-6-19(15-28(20)26-21)16-4-2-1-3-5-16/h1-8,11,14-15,17H,9-10,12-13H2. The fourth-order valence-corrected chi connectivity index (χ4v) is 3.82. The molecule has 0 unspecified atom stereocenters. The van der Waals surface area contributed by atoms with Crippen molar-refractivity contribution in [1.29, 1.82) is 0 Å². The Labute approximate surface area is 168 Å². The number of likely N-dealkylation sites (tertiary alicyclic amines) is 1. The van der Waals surface area contributed by atoms with Crippen LogP contribution in [0, 0.1) is 0 Å². The molecule has 1 aromatic carbocycles. The molecule has 3 aromatic heterocycles. The number of pyridine rings is 1. The molecule has 4 heterocycles. The van der Waals surface area contributed by atoms with Crippen LogP contribution in [0.3, 0.4) is 0 Å². The monoisotopic (exact) mass is 384 g/mol. The van der Waals surface area contributed by atoms with E-state index in [1.807, 2.05) is 39.9 Å². The van der Waals surface area contributed by atoms with Crippen molar-refractivity contribution in [3.8, 4) is 11.1 Å². The summed E-state index contributed by atoms with van der Waals surface area (Å²) in [6.07, 6.45) is 6.79. The van der Waals surface area contributed by atoms with Crippen LogP contribution in [0.2, 0.25) is 0 Å². The maximum absolute atomic E-state index is 12.6. The van der Waals surface area contributed by atoms with E-state index in [4.69, 9.17) is 10.1 Å². The third-order valence-electron chi connectivity index (χ3n) is 5.43. The topological polar surface area (TPSA) is 76.3 Å². The van der Waals surface area contributed by atoms with Crippen LogP contribution in [0.5, 0.6) is 0 Å². The van der Waals surface area contributed by atoms with Crippen molar-refractivity contribution in [2.75, 3.05) is 13.1 Å². The molecule has 1 saturated heterocycles. The van der Waals surface area contributed by atoms with E-state index in [1.165, 1.54) is 6.20 Å². The minimum Gasteiger partial charge on any atom is -0.339 e. The molecule has 0 radical (unpaired) electrons. The molecule has 0 saturated carbocycles. The number of carbonyl (C=O) groups excluding carboxylic acids is 1. The van der Waals surface area contributed by atoms with Crippen molar-refractivity contribution in [3.63, 3.8) is 0 Å². The number of fused-ring (bicyclic) bond motifs is 1. The van der Waals surface area contributed by atoms with Gasteiger partial charge < -0.3 is 4.90 Å². The molecular formula is C22H20N6O. The molecule has 4 aromatic rings. The van der Waals surface area contributed by atoms with E-state index < -0.39 is 0 Å². The number of hydrogen-bond acceptors (Lipinski definition) is 5. The van der Waals surface area contributed by atoms with Gasteiger partial charge in [0.25, 0.3) is 5.91 Å². The number of benzene rings is 1. The van der Waals surface area contributed by atoms with Crippen molar-refractivity contribution < 1.29 is 4.79 Å². The summed E-state index contributed by atoms with van der Waals surface area (Å²) in [5, 5.41) is 12.3. The van der Waals surface area contributed by atoms with Gasteiger partial charge >= 0.3 is 0 Å². The van der Waals surface area contributed by atoms with E-state index in [-0.39, 0.29) is 11.8 Å². The van der Waals surface area contributed by atoms with Gasteiger partial charge in [-0.2, -0.15) is 15.3 Å². The zero-order chi connectivity index (χ0) is 19.6. The van der Waals surface area contributed by atoms with E-state index in [9.17, 15) is 4.79 Å². The van der Waals surface area contributed by atoms with Gasteiger partial charge in [-0.1, -0.05) is 30.3 Å². The van der Waals surface area contributed by atoms with E-state index in [0.29, 0.717) is 18.7 Å². The molecule has 144 valence electrons. The fraction of sp³-hybridized carbons (Fsp3) is 0.227. The van der Waals surface area contributed by atoms with Gasteiger partial charge in [0, 0.05) is 30.8 Å². The molecular weight excluding hydrogens is 364 g/mol. The Kier molecular flexibility index (Phi) is 4.48. The number of rotatable bonds is 3. The van der Waals surface area contributed by atoms with E-state index >= 15 is 0 Å². The average Bonchev–Trinajstić information content (AvgIpc) is 3.23. The number of nitrogens with zero attached hydrogens (tertiary/aromatic N) is 6. The van der Waals surface area contributed by atoms with Gasteiger partial charge in [-0.25, -0.2) is 9.50 Å². The third-order valence-corrected chi connectivity index (χ3v) is 5.43. The number of aromatic nitrogens is 5. The zero-order valence-corrected chi connectivity index (χ0v) is 15.8. The minimum atomic E-state index is 0.00816. The normalized spacial score (nSPS) is 15.0. The van der Waals surface area contributed by atoms with Gasteiger partial charge in [-0.3, -0.25) is 4.79 Å². The molecule has 0 spiro atoms. The van der Waals surface area contributed by atoms with Crippen molar-refractivity contribution in [3.05, 3.63) is 78.5 Å². The molecule has 1 aliphatic heterocycles. The molecule has 29 heavy (non-hydrogen) atoms. The summed E-state index contributed by atoms with van der Waals surface area (Å²) in [5.41, 5.74) is 3.70. The predicted octanol–water partition coefficient (Wildman–Crippen LogP) is 3.21. The number of carbonyl (C=O) groups is 1. The molecule has 0 N–H and O–H groups in total. The lowest BCUT2D eigenvalue weighted by atomic mass is 9.96. The summed E-state index contributed by atoms with van der Waals surface area (Å²) in [6.45, 7) is 1.38. The van der Waals surface area contributed by atoms with Crippen molar-refractivity contribution in [2.24, 2.45) is 0 Å². The van der Waals surface area contributed by atoms with Crippen LogP contribution < -0.4 is 0 Å². The van der Waals surface area contributed by atoms with Crippen LogP contribution in [0.25, 0.3) is 16.8 Å². The Hall–Kier alpha value is -3.61. The highest BCUT2D eigenvalue weighted by molar-refractivity contribution is 5.93. The van der Waals surface area contributed by atoms with Crippen LogP contribution in [-0.4, -0.2) is 48.7 Å². The summed E-state index contributed by atoms with van der Waals surface area (Å²) in [6, 6.07) is 16.0. The second kappa shape index (κ2) is 7.43. The van der Waals surface area contributed by atoms with Crippen LogP contribution >= 0.6 is 0 Å². The Morgan fingerprint density at radius 3 is 2.52 bits per heavy atom. The maximum Gasteiger partial charge on any atom is 0.255 e. The highest BCUT2D eigenvalue weighted by atomic mass is 16.2. The smallest absolute Gasteiger partial charge is 0.255 e. The molecule has 1 amide bonds. The second-order valence-electron chi connectivity index (χ2n) is 7.25. The van der Waals surface area contributed by atoms with Crippen LogP contribution in [-0.2, 0) is 0 Å². The van der Waals surface area contributed by atoms with E-state index in [1.54, 1.807) is 12.3 Å². The van der Waals surface area contributed by atoms with Gasteiger partial charge in [0.2, 0.25) is 0 Å². The number of piperidine rings is 1. The molecule has 1 fully saturated rings. The summed E-state index contributed by atoms with van der Waals surface area (Å²) in [7, 11) is 0. The van der Waals surface area contributed by atoms with Crippen LogP contribution in [0.15, 0.2) is 67.1 Å². The third kappa shape index (κ3) is 3.47. The Bertz CT molecular complexity index is 1130. The molecule has 7 nitrogen and oxygen atoms in total. The van der Waals surface area contributed by atoms with E-state index in [0.717, 1.165) is 35.4 Å². The van der Waals surface area contributed by atoms with E-state index in [2.05, 4.69) is 28.4 Å². The van der Waals surface area contributed by atoms with Crippen LogP contribution in [0.1, 0.15) is 34.9 Å². The number of hydrogen-bond donors (Lipinski definition) is 0. The fourth-order valence-electron chi connectivity index (χ4n) is 3.82. The van der Waals surface area contributed by atoms with Crippen molar-refractivity contribution >= 4 is 11.6 Å². The molecule has 1 aliphatic rings. The molecule has 0 aliphatic carbocycles. The summed E-state index contributed by atoms with van der Waals surface area (Å²) < 4.78 is 1.86. The minimum absolute atomic E-state index is 0.00816. The first-order chi connectivity index (χ1) is 14.3. The van der Waals surface area contributed by atoms with Crippen LogP contribution in [0.4, 0.5) is 0 Å². The lowest BCUT2D eigenvalue weighted by molar-refractivity contribution is 0.0710. The second-order valence-corrected chi connectivity index (χ2v) is 7.25. The Morgan fingerprint density at radius 1 is 0.931 bits per heavy atom. The summed E-state index contributed by atoms with van der Waals surface area (Å²) in [4.78, 5) is 19.2.